The Bertz CT molecular complexity index is 534. The Kier molecular flexibility index (Phi) is 3.74. The molecule has 0 saturated carbocycles. The van der Waals surface area contributed by atoms with Gasteiger partial charge in [0.25, 0.3) is 0 Å². The largest absolute Gasteiger partial charge is 0.253 e. The SMILES string of the molecule is CCc1cccnc1-c1nc(C)c(Br)c(Cl)n1. The van der Waals surface area contributed by atoms with Gasteiger partial charge in [-0.3, -0.25) is 4.98 Å². The van der Waals surface area contributed by atoms with E-state index in [-0.39, 0.29) is 0 Å². The van der Waals surface area contributed by atoms with E-state index in [2.05, 4.69) is 37.8 Å². The molecule has 0 fully saturated rings. The van der Waals surface area contributed by atoms with Crippen LogP contribution in [0.25, 0.3) is 11.5 Å². The fourth-order valence-electron chi connectivity index (χ4n) is 1.56. The van der Waals surface area contributed by atoms with Crippen molar-refractivity contribution in [2.45, 2.75) is 20.3 Å². The summed E-state index contributed by atoms with van der Waals surface area (Å²) >= 11 is 9.38. The van der Waals surface area contributed by atoms with Crippen LogP contribution in [0.2, 0.25) is 5.15 Å². The minimum Gasteiger partial charge on any atom is -0.253 e. The van der Waals surface area contributed by atoms with E-state index >= 15 is 0 Å². The first-order chi connectivity index (χ1) is 8.13. The maximum atomic E-state index is 6.04. The predicted octanol–water partition coefficient (Wildman–Crippen LogP) is 3.83. The minimum atomic E-state index is 0.417. The van der Waals surface area contributed by atoms with E-state index in [4.69, 9.17) is 11.6 Å². The lowest BCUT2D eigenvalue weighted by atomic mass is 10.1. The van der Waals surface area contributed by atoms with Gasteiger partial charge >= 0.3 is 0 Å². The van der Waals surface area contributed by atoms with Crippen LogP contribution in [0.15, 0.2) is 22.8 Å². The van der Waals surface area contributed by atoms with Crippen LogP contribution in [-0.4, -0.2) is 15.0 Å². The summed E-state index contributed by atoms with van der Waals surface area (Å²) < 4.78 is 0.733. The van der Waals surface area contributed by atoms with E-state index in [9.17, 15) is 0 Å². The first-order valence-corrected chi connectivity index (χ1v) is 6.44. The third-order valence-electron chi connectivity index (χ3n) is 2.46. The Labute approximate surface area is 113 Å². The van der Waals surface area contributed by atoms with E-state index in [1.807, 2.05) is 19.1 Å². The third kappa shape index (κ3) is 2.48. The van der Waals surface area contributed by atoms with Crippen LogP contribution in [0.1, 0.15) is 18.2 Å². The summed E-state index contributed by atoms with van der Waals surface area (Å²) in [5.41, 5.74) is 2.73. The molecule has 0 aliphatic heterocycles. The molecule has 0 radical (unpaired) electrons. The van der Waals surface area contributed by atoms with Gasteiger partial charge in [0, 0.05) is 6.20 Å². The highest BCUT2D eigenvalue weighted by atomic mass is 79.9. The molecule has 0 bridgehead atoms. The molecule has 0 saturated heterocycles. The summed E-state index contributed by atoms with van der Waals surface area (Å²) in [6.45, 7) is 3.96. The molecular formula is C12H11BrClN3. The number of aromatic nitrogens is 3. The topological polar surface area (TPSA) is 38.7 Å². The second-order valence-electron chi connectivity index (χ2n) is 3.60. The number of pyridine rings is 1. The maximum Gasteiger partial charge on any atom is 0.180 e. The van der Waals surface area contributed by atoms with Crippen LogP contribution in [0.5, 0.6) is 0 Å². The van der Waals surface area contributed by atoms with Gasteiger partial charge in [0.2, 0.25) is 0 Å². The summed E-state index contributed by atoms with van der Waals surface area (Å²) in [4.78, 5) is 13.0. The van der Waals surface area contributed by atoms with Crippen molar-refractivity contribution in [1.82, 2.24) is 15.0 Å². The highest BCUT2D eigenvalue weighted by molar-refractivity contribution is 9.10. The van der Waals surface area contributed by atoms with Crippen molar-refractivity contribution in [2.24, 2.45) is 0 Å². The Morgan fingerprint density at radius 2 is 2.12 bits per heavy atom. The Morgan fingerprint density at radius 1 is 1.35 bits per heavy atom. The van der Waals surface area contributed by atoms with Gasteiger partial charge in [-0.25, -0.2) is 9.97 Å². The van der Waals surface area contributed by atoms with Crippen LogP contribution in [-0.2, 0) is 6.42 Å². The van der Waals surface area contributed by atoms with E-state index in [1.165, 1.54) is 0 Å². The average molecular weight is 313 g/mol. The lowest BCUT2D eigenvalue weighted by molar-refractivity contribution is 1.04. The molecular weight excluding hydrogens is 302 g/mol. The predicted molar refractivity (Wildman–Crippen MR) is 72.1 cm³/mol. The number of hydrogen-bond donors (Lipinski definition) is 0. The van der Waals surface area contributed by atoms with Crippen molar-refractivity contribution in [2.75, 3.05) is 0 Å². The van der Waals surface area contributed by atoms with Gasteiger partial charge in [-0.2, -0.15) is 0 Å². The zero-order valence-electron chi connectivity index (χ0n) is 9.54. The molecule has 2 heterocycles. The Balaban J connectivity index is 2.61. The molecule has 2 aromatic heterocycles. The standard InChI is InChI=1S/C12H11BrClN3/c1-3-8-5-4-6-15-10(8)12-16-7(2)9(13)11(14)17-12/h4-6H,3H2,1-2H3. The van der Waals surface area contributed by atoms with Crippen molar-refractivity contribution in [3.63, 3.8) is 0 Å². The van der Waals surface area contributed by atoms with E-state index < -0.39 is 0 Å². The monoisotopic (exact) mass is 311 g/mol. The van der Waals surface area contributed by atoms with Gasteiger partial charge in [0.15, 0.2) is 5.82 Å². The van der Waals surface area contributed by atoms with E-state index in [1.54, 1.807) is 6.20 Å². The van der Waals surface area contributed by atoms with Crippen LogP contribution >= 0.6 is 27.5 Å². The van der Waals surface area contributed by atoms with Crippen molar-refractivity contribution in [1.29, 1.82) is 0 Å². The lowest BCUT2D eigenvalue weighted by Gasteiger charge is -2.07. The quantitative estimate of drug-likeness (QED) is 0.791. The fraction of sp³-hybridized carbons (Fsp3) is 0.250. The molecule has 0 unspecified atom stereocenters. The molecule has 2 rings (SSSR count). The van der Waals surface area contributed by atoms with E-state index in [0.717, 1.165) is 27.8 Å². The van der Waals surface area contributed by atoms with Gasteiger partial charge in [-0.05, 0) is 40.9 Å². The molecule has 0 aliphatic rings. The Morgan fingerprint density at radius 3 is 2.76 bits per heavy atom. The average Bonchev–Trinajstić information content (AvgIpc) is 2.35. The zero-order chi connectivity index (χ0) is 12.4. The van der Waals surface area contributed by atoms with Gasteiger partial charge in [0.1, 0.15) is 10.8 Å². The highest BCUT2D eigenvalue weighted by Crippen LogP contribution is 2.26. The molecule has 0 aliphatic carbocycles. The molecule has 0 atom stereocenters. The molecule has 5 heteroatoms. The van der Waals surface area contributed by atoms with E-state index in [0.29, 0.717) is 11.0 Å². The van der Waals surface area contributed by atoms with Crippen LogP contribution in [0.4, 0.5) is 0 Å². The minimum absolute atomic E-state index is 0.417. The molecule has 17 heavy (non-hydrogen) atoms. The number of nitrogens with zero attached hydrogens (tertiary/aromatic N) is 3. The van der Waals surface area contributed by atoms with Crippen molar-refractivity contribution in [3.8, 4) is 11.5 Å². The third-order valence-corrected chi connectivity index (χ3v) is 3.91. The molecule has 0 aromatic carbocycles. The van der Waals surface area contributed by atoms with Gasteiger partial charge in [0.05, 0.1) is 10.2 Å². The number of hydrogen-bond acceptors (Lipinski definition) is 3. The van der Waals surface area contributed by atoms with Gasteiger partial charge in [-0.15, -0.1) is 0 Å². The van der Waals surface area contributed by atoms with Crippen molar-refractivity contribution < 1.29 is 0 Å². The maximum absolute atomic E-state index is 6.04. The highest BCUT2D eigenvalue weighted by Gasteiger charge is 2.12. The normalized spacial score (nSPS) is 10.6. The Hall–Kier alpha value is -1.000. The summed E-state index contributed by atoms with van der Waals surface area (Å²) in [5.74, 6) is 0.577. The second kappa shape index (κ2) is 5.10. The molecule has 0 spiro atoms. The smallest absolute Gasteiger partial charge is 0.180 e. The number of rotatable bonds is 2. The molecule has 3 nitrogen and oxygen atoms in total. The summed E-state index contributed by atoms with van der Waals surface area (Å²) in [6, 6.07) is 3.94. The van der Waals surface area contributed by atoms with Gasteiger partial charge < -0.3 is 0 Å². The fourth-order valence-corrected chi connectivity index (χ4v) is 1.95. The number of aryl methyl sites for hydroxylation is 2. The molecule has 0 N–H and O–H groups in total. The van der Waals surface area contributed by atoms with Crippen LogP contribution in [0, 0.1) is 6.92 Å². The lowest BCUT2D eigenvalue weighted by Crippen LogP contribution is -1.99. The molecule has 88 valence electrons. The first-order valence-electron chi connectivity index (χ1n) is 5.27. The second-order valence-corrected chi connectivity index (χ2v) is 4.75. The first kappa shape index (κ1) is 12.5. The molecule has 0 amide bonds. The summed E-state index contributed by atoms with van der Waals surface area (Å²) in [5, 5.41) is 0.417. The number of halogens is 2. The van der Waals surface area contributed by atoms with Crippen molar-refractivity contribution in [3.05, 3.63) is 39.2 Å². The molecule has 2 aromatic rings. The van der Waals surface area contributed by atoms with Crippen LogP contribution in [0.3, 0.4) is 0 Å². The summed E-state index contributed by atoms with van der Waals surface area (Å²) in [6.07, 6.45) is 2.63. The van der Waals surface area contributed by atoms with Gasteiger partial charge in [-0.1, -0.05) is 24.6 Å². The summed E-state index contributed by atoms with van der Waals surface area (Å²) in [7, 11) is 0. The van der Waals surface area contributed by atoms with Crippen molar-refractivity contribution >= 4 is 27.5 Å². The van der Waals surface area contributed by atoms with Crippen LogP contribution < -0.4 is 0 Å². The zero-order valence-corrected chi connectivity index (χ0v) is 11.9.